The predicted octanol–water partition coefficient (Wildman–Crippen LogP) is 10.9. The van der Waals surface area contributed by atoms with Crippen LogP contribution in [0.1, 0.15) is 196 Å². The molecule has 0 aromatic heterocycles. The van der Waals surface area contributed by atoms with Crippen molar-refractivity contribution in [1.82, 2.24) is 31.9 Å². The average Bonchev–Trinajstić information content (AvgIpc) is 0.723. The van der Waals surface area contributed by atoms with Crippen LogP contribution in [0.15, 0.2) is 116 Å². The minimum absolute atomic E-state index is 0.0107. The largest absolute Gasteiger partial charge is 0.508 e. The lowest BCUT2D eigenvalue weighted by molar-refractivity contribution is -0.150. The molecule has 0 heterocycles. The third kappa shape index (κ3) is 20.7. The fraction of sp³-hybridized carbons (Fsp3) is 0.506. The molecule has 13 N–H and O–H groups in total. The number of aryl methyl sites for hydroxylation is 3. The second-order valence-electron chi connectivity index (χ2n) is 31.2. The van der Waals surface area contributed by atoms with E-state index < -0.39 is 76.0 Å². The number of nitrogens with two attached hydrogens (primary N) is 2. The number of para-hydroxylation sites is 1. The van der Waals surface area contributed by atoms with Crippen LogP contribution >= 0.6 is 0 Å². The van der Waals surface area contributed by atoms with Crippen LogP contribution in [0.2, 0.25) is 0 Å². The zero-order valence-corrected chi connectivity index (χ0v) is 64.5. The van der Waals surface area contributed by atoms with E-state index in [4.69, 9.17) is 20.9 Å². The van der Waals surface area contributed by atoms with Crippen molar-refractivity contribution < 1.29 is 62.5 Å². The summed E-state index contributed by atoms with van der Waals surface area (Å²) < 4.78 is 11.3. The first-order chi connectivity index (χ1) is 52.1. The zero-order valence-electron chi connectivity index (χ0n) is 64.5. The normalized spacial score (nSPS) is 21.1. The van der Waals surface area contributed by atoms with Gasteiger partial charge in [0.05, 0.1) is 36.3 Å². The Labute approximate surface area is 640 Å². The number of amides is 11. The molecule has 5 aromatic rings. The summed E-state index contributed by atoms with van der Waals surface area (Å²) in [4.78, 5) is 139. The quantitative estimate of drug-likeness (QED) is 0.0133. The highest BCUT2D eigenvalue weighted by Crippen LogP contribution is 2.60. The fourth-order valence-electron chi connectivity index (χ4n) is 17.4. The highest BCUT2D eigenvalue weighted by molar-refractivity contribution is 6.02. The van der Waals surface area contributed by atoms with E-state index in [-0.39, 0.29) is 118 Å². The van der Waals surface area contributed by atoms with Gasteiger partial charge in [0.25, 0.3) is 0 Å². The smallest absolute Gasteiger partial charge is 0.408 e. The fourth-order valence-corrected chi connectivity index (χ4v) is 17.4. The maximum Gasteiger partial charge on any atom is 0.408 e. The van der Waals surface area contributed by atoms with Crippen LogP contribution in [-0.2, 0) is 91.1 Å². The maximum atomic E-state index is 14.9. The van der Waals surface area contributed by atoms with E-state index >= 15 is 0 Å². The molecule has 109 heavy (non-hydrogen) atoms. The highest BCUT2D eigenvalue weighted by atomic mass is 16.5. The van der Waals surface area contributed by atoms with Gasteiger partial charge in [0.15, 0.2) is 0 Å². The second kappa shape index (κ2) is 37.9. The Morgan fingerprint density at radius 1 is 0.633 bits per heavy atom. The number of imide groups is 1. The number of primary amides is 1. The minimum Gasteiger partial charge on any atom is -0.508 e. The van der Waals surface area contributed by atoms with E-state index in [9.17, 15) is 53.1 Å². The molecule has 9 rings (SSSR count). The van der Waals surface area contributed by atoms with Crippen molar-refractivity contribution in [2.24, 2.45) is 40.1 Å². The monoisotopic (exact) mass is 1500 g/mol. The van der Waals surface area contributed by atoms with Crippen molar-refractivity contribution in [3.63, 3.8) is 0 Å². The molecule has 0 radical (unpaired) electrons. The van der Waals surface area contributed by atoms with Crippen molar-refractivity contribution >= 4 is 82.5 Å². The van der Waals surface area contributed by atoms with Gasteiger partial charge in [-0.3, -0.25) is 43.7 Å². The Hall–Kier alpha value is -9.94. The number of ether oxygens (including phenoxy) is 2. The van der Waals surface area contributed by atoms with Gasteiger partial charge in [-0.1, -0.05) is 141 Å². The molecular weight excluding hydrogens is 1380 g/mol. The van der Waals surface area contributed by atoms with E-state index in [0.29, 0.717) is 67.8 Å². The minimum atomic E-state index is -1.13. The lowest BCUT2D eigenvalue weighted by Gasteiger charge is -2.56. The topological polar surface area (TPSA) is 361 Å². The molecule has 4 aliphatic rings. The first kappa shape index (κ1) is 83.1. The summed E-state index contributed by atoms with van der Waals surface area (Å²) in [7, 11) is 0. The Morgan fingerprint density at radius 2 is 1.23 bits per heavy atom. The number of hydrogen-bond acceptors (Lipinski definition) is 14. The molecule has 0 aliphatic heterocycles. The number of rotatable bonds is 35. The first-order valence-electron chi connectivity index (χ1n) is 38.9. The van der Waals surface area contributed by atoms with Gasteiger partial charge in [0.2, 0.25) is 47.3 Å². The van der Waals surface area contributed by atoms with Crippen molar-refractivity contribution in [3.8, 4) is 5.75 Å². The van der Waals surface area contributed by atoms with E-state index in [1.165, 1.54) is 5.56 Å². The first-order valence-corrected chi connectivity index (χ1v) is 38.9. The number of phenols is 1. The molecule has 9 atom stereocenters. The number of fused-ring (bicyclic) bond motifs is 6. The Morgan fingerprint density at radius 3 is 1.86 bits per heavy atom. The molecule has 2 fully saturated rings. The van der Waals surface area contributed by atoms with E-state index in [0.717, 1.165) is 84.7 Å². The van der Waals surface area contributed by atoms with Crippen LogP contribution in [0.4, 0.5) is 26.7 Å². The summed E-state index contributed by atoms with van der Waals surface area (Å²) in [6, 6.07) is 29.4. The summed E-state index contributed by atoms with van der Waals surface area (Å²) >= 11 is 0. The van der Waals surface area contributed by atoms with Gasteiger partial charge in [-0.2, -0.15) is 0 Å². The molecule has 0 unspecified atom stereocenters. The number of unbranched alkanes of at least 4 members (excludes halogenated alkanes) is 1. The van der Waals surface area contributed by atoms with Gasteiger partial charge in [0.1, 0.15) is 30.5 Å². The lowest BCUT2D eigenvalue weighted by atomic mass is 9.49. The van der Waals surface area contributed by atoms with Crippen LogP contribution in [0.3, 0.4) is 0 Å². The molecule has 5 aromatic carbocycles. The molecule has 586 valence electrons. The van der Waals surface area contributed by atoms with Gasteiger partial charge < -0.3 is 68.2 Å². The summed E-state index contributed by atoms with van der Waals surface area (Å²) in [6.45, 7) is 18.7. The van der Waals surface area contributed by atoms with Crippen LogP contribution in [0.5, 0.6) is 5.75 Å². The molecule has 2 saturated carbocycles. The number of nitrogens with one attached hydrogen (secondary N) is 8. The summed E-state index contributed by atoms with van der Waals surface area (Å²) in [5, 5.41) is 33.0. The third-order valence-corrected chi connectivity index (χ3v) is 23.4. The van der Waals surface area contributed by atoms with Crippen LogP contribution < -0.4 is 58.9 Å². The number of carbonyl (C=O) groups excluding carboxylic acids is 10. The standard InChI is InChI=1S/C85H113N11O13/c1-9-56-20-11-12-22-60(56)52-96(68-25-14-13-21-57(68)10-2)73(100)39-38-71(98)88-47-49-108-48-40-72(99)94-74(54(3)4)77(103)92-66(24-17-46-89-80(87)106)75(101)90-61-32-26-55(27-33-61)53-109-81(107)93-67(23-15-16-45-86)76(102)91-62-34-28-58-30-36-69-82(5,64(58)50-62)41-18-43-84(69,7)78(104)95-79(105)85(8)44-19-42-83(6)65-51-63(97)35-29-59(65)31-37-70(83)85/h10-14,20-22,25-29,32-35,50-51,54,66-67,69-70,74,97H,2,9,15-19,23-24,30-31,36-49,52-53,86H2,1,3-8H3,(H,88,98)(H,90,101)(H,91,102)(H,92,103)(H,93,107)(H,94,99)(H3,87,89,106)(H,95,104,105)/t66-,67-,69+,70+,74-,82+,83+,84-,85-/m0/s1. The number of hydrogen-bond donors (Lipinski definition) is 11. The summed E-state index contributed by atoms with van der Waals surface area (Å²) in [5.41, 5.74) is 18.3. The number of benzene rings is 5. The van der Waals surface area contributed by atoms with Crippen LogP contribution in [0.25, 0.3) is 6.08 Å². The number of phenolic OH excluding ortho intramolecular Hbond substituents is 1. The number of nitrogens with zero attached hydrogens (tertiary/aromatic N) is 1. The number of urea groups is 1. The molecule has 0 bridgehead atoms. The Bertz CT molecular complexity index is 4110. The van der Waals surface area contributed by atoms with Crippen LogP contribution in [0, 0.1) is 28.6 Å². The third-order valence-electron chi connectivity index (χ3n) is 23.4. The van der Waals surface area contributed by atoms with Gasteiger partial charge in [-0.15, -0.1) is 0 Å². The highest BCUT2D eigenvalue weighted by Gasteiger charge is 2.59. The molecule has 0 saturated heterocycles. The number of carbonyl (C=O) groups is 10. The predicted molar refractivity (Wildman–Crippen MR) is 420 cm³/mol. The van der Waals surface area contributed by atoms with Crippen molar-refractivity contribution in [2.75, 3.05) is 48.4 Å². The van der Waals surface area contributed by atoms with Gasteiger partial charge in [0, 0.05) is 43.7 Å². The van der Waals surface area contributed by atoms with E-state index in [1.807, 2.05) is 92.7 Å². The van der Waals surface area contributed by atoms with Crippen LogP contribution in [-0.4, -0.2) is 115 Å². The molecular formula is C85H113N11O13. The van der Waals surface area contributed by atoms with E-state index in [2.05, 4.69) is 69.9 Å². The lowest BCUT2D eigenvalue weighted by Crippen LogP contribution is -2.60. The molecule has 4 aliphatic carbocycles. The second-order valence-corrected chi connectivity index (χ2v) is 31.2. The van der Waals surface area contributed by atoms with Crippen molar-refractivity contribution in [3.05, 3.63) is 160 Å². The molecule has 24 heteroatoms. The maximum absolute atomic E-state index is 14.9. The summed E-state index contributed by atoms with van der Waals surface area (Å²) in [5.74, 6) is -3.50. The SMILES string of the molecule is C=Cc1ccccc1N(Cc1ccccc1CC)C(=O)CCC(=O)NCCOCCC(=O)N[C@H](C(=O)N[C@@H](CCCNC(N)=O)C(=O)Nc1ccc(COC(=O)N[C@@H](CCCCN)C(=O)Nc2ccc3c(c2)[C@@]2(C)CCC[C@](C)(C(=O)NC(=O)[C@@]4(C)CCC[C@]5(C)c6cc(O)ccc6CC[C@@H]45)[C@@H]2CC3)cc1)C(C)C. The number of aromatic hydroxyl groups is 1. The number of anilines is 3. The van der Waals surface area contributed by atoms with E-state index in [1.54, 1.807) is 55.2 Å². The number of alkyl carbamates (subject to hydrolysis) is 1. The molecule has 0 spiro atoms. The average molecular weight is 1500 g/mol. The Balaban J connectivity index is 0.734. The van der Waals surface area contributed by atoms with Crippen molar-refractivity contribution in [1.29, 1.82) is 0 Å². The zero-order chi connectivity index (χ0) is 78.6. The summed E-state index contributed by atoms with van der Waals surface area (Å²) in [6.07, 6.45) is 10.9. The van der Waals surface area contributed by atoms with Gasteiger partial charge in [-0.05, 0) is 212 Å². The molecule has 11 amide bonds. The Kier molecular flexibility index (Phi) is 28.9. The van der Waals surface area contributed by atoms with Gasteiger partial charge in [-0.25, -0.2) is 9.59 Å². The van der Waals surface area contributed by atoms with Crippen molar-refractivity contribution in [2.45, 2.75) is 213 Å². The van der Waals surface area contributed by atoms with Gasteiger partial charge >= 0.3 is 12.1 Å². The molecule has 24 nitrogen and oxygen atoms in total.